The van der Waals surface area contributed by atoms with Crippen molar-refractivity contribution in [2.24, 2.45) is 7.05 Å². The van der Waals surface area contributed by atoms with Crippen molar-refractivity contribution in [2.75, 3.05) is 18.5 Å². The highest BCUT2D eigenvalue weighted by atomic mass is 19.3. The molecule has 0 atom stereocenters. The summed E-state index contributed by atoms with van der Waals surface area (Å²) in [6, 6.07) is 0. The molecule has 0 aromatic carbocycles. The van der Waals surface area contributed by atoms with Crippen LogP contribution in [0.25, 0.3) is 0 Å². The lowest BCUT2D eigenvalue weighted by Gasteiger charge is -2.14. The van der Waals surface area contributed by atoms with Crippen LogP contribution in [0.4, 0.5) is 20.4 Å². The standard InChI is InChI=1S/C8H12F2N4O3/c1-5-12-7(14(16)17)6(13(5)2)11-3-8(9,10)4-15/h11,15H,3-4H2,1-2H3. The van der Waals surface area contributed by atoms with Crippen LogP contribution in [0.15, 0.2) is 0 Å². The average molecular weight is 250 g/mol. The van der Waals surface area contributed by atoms with E-state index >= 15 is 0 Å². The van der Waals surface area contributed by atoms with Gasteiger partial charge in [-0.05, 0) is 9.91 Å². The van der Waals surface area contributed by atoms with Gasteiger partial charge in [-0.2, -0.15) is 0 Å². The Morgan fingerprint density at radius 2 is 2.24 bits per heavy atom. The van der Waals surface area contributed by atoms with Crippen molar-refractivity contribution < 1.29 is 18.8 Å². The molecule has 0 fully saturated rings. The van der Waals surface area contributed by atoms with Crippen molar-refractivity contribution in [2.45, 2.75) is 12.8 Å². The molecule has 17 heavy (non-hydrogen) atoms. The summed E-state index contributed by atoms with van der Waals surface area (Å²) >= 11 is 0. The van der Waals surface area contributed by atoms with Crippen molar-refractivity contribution in [3.05, 3.63) is 15.9 Å². The Labute approximate surface area is 95.2 Å². The molecule has 0 saturated heterocycles. The summed E-state index contributed by atoms with van der Waals surface area (Å²) in [4.78, 5) is 13.5. The third kappa shape index (κ3) is 2.87. The van der Waals surface area contributed by atoms with Gasteiger partial charge in [-0.15, -0.1) is 0 Å². The SMILES string of the molecule is Cc1nc([N+](=O)[O-])c(NCC(F)(F)CO)n1C. The van der Waals surface area contributed by atoms with E-state index in [2.05, 4.69) is 10.3 Å². The maximum Gasteiger partial charge on any atom is 0.406 e. The lowest BCUT2D eigenvalue weighted by molar-refractivity contribution is -0.388. The van der Waals surface area contributed by atoms with Gasteiger partial charge in [-0.3, -0.25) is 4.57 Å². The van der Waals surface area contributed by atoms with Gasteiger partial charge in [0.15, 0.2) is 0 Å². The summed E-state index contributed by atoms with van der Waals surface area (Å²) in [5.41, 5.74) is 0. The Bertz CT molecular complexity index is 433. The maximum atomic E-state index is 12.8. The van der Waals surface area contributed by atoms with Gasteiger partial charge in [-0.25, -0.2) is 8.78 Å². The highest BCUT2D eigenvalue weighted by Gasteiger charge is 2.31. The van der Waals surface area contributed by atoms with Crippen LogP contribution in [0.3, 0.4) is 0 Å². The fourth-order valence-corrected chi connectivity index (χ4v) is 1.19. The molecule has 1 rings (SSSR count). The van der Waals surface area contributed by atoms with Crippen molar-refractivity contribution in [1.29, 1.82) is 0 Å². The minimum absolute atomic E-state index is 0.111. The van der Waals surface area contributed by atoms with Gasteiger partial charge in [-0.1, -0.05) is 0 Å². The zero-order valence-electron chi connectivity index (χ0n) is 9.28. The van der Waals surface area contributed by atoms with Crippen LogP contribution in [0.1, 0.15) is 5.82 Å². The van der Waals surface area contributed by atoms with E-state index in [4.69, 9.17) is 5.11 Å². The van der Waals surface area contributed by atoms with Crippen molar-refractivity contribution in [3.8, 4) is 0 Å². The summed E-state index contributed by atoms with van der Waals surface area (Å²) < 4.78 is 26.9. The molecule has 0 aliphatic rings. The second-order valence-electron chi connectivity index (χ2n) is 3.51. The van der Waals surface area contributed by atoms with Crippen LogP contribution in [-0.2, 0) is 7.05 Å². The Morgan fingerprint density at radius 3 is 2.71 bits per heavy atom. The molecule has 7 nitrogen and oxygen atoms in total. The van der Waals surface area contributed by atoms with E-state index in [1.165, 1.54) is 18.5 Å². The van der Waals surface area contributed by atoms with E-state index in [9.17, 15) is 18.9 Å². The number of aliphatic hydroxyl groups is 1. The largest absolute Gasteiger partial charge is 0.406 e. The molecule has 2 N–H and O–H groups in total. The lowest BCUT2D eigenvalue weighted by Crippen LogP contribution is -2.31. The number of nitrogens with one attached hydrogen (secondary N) is 1. The number of hydrogen-bond donors (Lipinski definition) is 2. The highest BCUT2D eigenvalue weighted by molar-refractivity contribution is 5.53. The first-order chi connectivity index (χ1) is 7.78. The summed E-state index contributed by atoms with van der Waals surface area (Å²) in [7, 11) is 1.47. The number of nitrogens with zero attached hydrogens (tertiary/aromatic N) is 3. The van der Waals surface area contributed by atoms with Crippen molar-refractivity contribution in [1.82, 2.24) is 9.55 Å². The molecule has 0 amide bonds. The zero-order chi connectivity index (χ0) is 13.2. The van der Waals surface area contributed by atoms with Gasteiger partial charge in [0.2, 0.25) is 11.6 Å². The number of aryl methyl sites for hydroxylation is 1. The topological polar surface area (TPSA) is 93.2 Å². The molecule has 96 valence electrons. The van der Waals surface area contributed by atoms with Crippen molar-refractivity contribution in [3.63, 3.8) is 0 Å². The summed E-state index contributed by atoms with van der Waals surface area (Å²) in [6.07, 6.45) is 0. The first-order valence-corrected chi connectivity index (χ1v) is 4.69. The number of nitro groups is 1. The number of aliphatic hydroxyl groups excluding tert-OH is 1. The third-order valence-electron chi connectivity index (χ3n) is 2.22. The number of alkyl halides is 2. The maximum absolute atomic E-state index is 12.8. The first kappa shape index (κ1) is 13.3. The molecule has 0 bridgehead atoms. The van der Waals surface area contributed by atoms with Crippen LogP contribution in [0.2, 0.25) is 0 Å². The molecule has 0 saturated carbocycles. The van der Waals surface area contributed by atoms with E-state index in [1.807, 2.05) is 0 Å². The first-order valence-electron chi connectivity index (χ1n) is 4.69. The van der Waals surface area contributed by atoms with E-state index in [0.29, 0.717) is 5.82 Å². The van der Waals surface area contributed by atoms with Crippen LogP contribution in [0, 0.1) is 17.0 Å². The number of rotatable bonds is 5. The van der Waals surface area contributed by atoms with Gasteiger partial charge in [0.1, 0.15) is 6.61 Å². The number of hydrogen-bond acceptors (Lipinski definition) is 5. The van der Waals surface area contributed by atoms with Gasteiger partial charge in [0.25, 0.3) is 5.92 Å². The summed E-state index contributed by atoms with van der Waals surface area (Å²) in [6.45, 7) is -0.712. The van der Waals surface area contributed by atoms with E-state index < -0.39 is 29.8 Å². The Morgan fingerprint density at radius 1 is 1.65 bits per heavy atom. The zero-order valence-corrected chi connectivity index (χ0v) is 9.28. The molecular weight excluding hydrogens is 238 g/mol. The Hall–Kier alpha value is -1.77. The summed E-state index contributed by atoms with van der Waals surface area (Å²) in [5.74, 6) is -3.64. The molecule has 1 aromatic heterocycles. The fraction of sp³-hybridized carbons (Fsp3) is 0.625. The number of anilines is 1. The molecule has 0 radical (unpaired) electrons. The van der Waals surface area contributed by atoms with Gasteiger partial charge in [0.05, 0.1) is 6.54 Å². The molecule has 0 aliphatic heterocycles. The molecular formula is C8H12F2N4O3. The molecule has 1 aromatic rings. The van der Waals surface area contributed by atoms with E-state index in [-0.39, 0.29) is 5.82 Å². The quantitative estimate of drug-likeness (QED) is 0.592. The monoisotopic (exact) mass is 250 g/mol. The van der Waals surface area contributed by atoms with Crippen LogP contribution in [-0.4, -0.2) is 38.7 Å². The molecule has 9 heteroatoms. The minimum atomic E-state index is -3.34. The van der Waals surface area contributed by atoms with Crippen LogP contribution >= 0.6 is 0 Å². The second-order valence-corrected chi connectivity index (χ2v) is 3.51. The van der Waals surface area contributed by atoms with E-state index in [0.717, 1.165) is 0 Å². The summed E-state index contributed by atoms with van der Waals surface area (Å²) in [5, 5.41) is 21.2. The molecule has 0 aliphatic carbocycles. The highest BCUT2D eigenvalue weighted by Crippen LogP contribution is 2.25. The molecule has 0 unspecified atom stereocenters. The normalized spacial score (nSPS) is 11.6. The fourth-order valence-electron chi connectivity index (χ4n) is 1.19. The number of aromatic nitrogens is 2. The van der Waals surface area contributed by atoms with Crippen LogP contribution < -0.4 is 5.32 Å². The molecule has 0 spiro atoms. The number of halogens is 2. The average Bonchev–Trinajstić information content (AvgIpc) is 2.53. The lowest BCUT2D eigenvalue weighted by atomic mass is 10.3. The van der Waals surface area contributed by atoms with Gasteiger partial charge in [0, 0.05) is 14.0 Å². The predicted molar refractivity (Wildman–Crippen MR) is 55.1 cm³/mol. The smallest absolute Gasteiger partial charge is 0.390 e. The predicted octanol–water partition coefficient (Wildman–Crippen LogP) is 0.676. The van der Waals surface area contributed by atoms with Gasteiger partial charge >= 0.3 is 5.82 Å². The van der Waals surface area contributed by atoms with E-state index in [1.54, 1.807) is 0 Å². The minimum Gasteiger partial charge on any atom is -0.390 e. The van der Waals surface area contributed by atoms with Crippen LogP contribution in [0.5, 0.6) is 0 Å². The second kappa shape index (κ2) is 4.62. The molecule has 1 heterocycles. The number of imidazole rings is 1. The van der Waals surface area contributed by atoms with Crippen molar-refractivity contribution >= 4 is 11.6 Å². The Kier molecular flexibility index (Phi) is 3.61. The van der Waals surface area contributed by atoms with Gasteiger partial charge < -0.3 is 20.5 Å². The third-order valence-corrected chi connectivity index (χ3v) is 2.22. The Balaban J connectivity index is 2.94.